The van der Waals surface area contributed by atoms with Crippen molar-refractivity contribution in [1.82, 2.24) is 20.0 Å². The number of anilines is 1. The minimum absolute atomic E-state index is 0.0606. The molecule has 0 bridgehead atoms. The third-order valence-electron chi connectivity index (χ3n) is 7.14. The predicted molar refractivity (Wildman–Crippen MR) is 121 cm³/mol. The number of nitriles is 1. The molecule has 1 amide bonds. The van der Waals surface area contributed by atoms with Gasteiger partial charge in [0.1, 0.15) is 0 Å². The van der Waals surface area contributed by atoms with Crippen LogP contribution in [0.3, 0.4) is 0 Å². The van der Waals surface area contributed by atoms with Crippen molar-refractivity contribution in [3.8, 4) is 6.07 Å². The zero-order valence-corrected chi connectivity index (χ0v) is 19.3. The average molecular weight is 475 g/mol. The van der Waals surface area contributed by atoms with Gasteiger partial charge in [0, 0.05) is 51.2 Å². The summed E-state index contributed by atoms with van der Waals surface area (Å²) in [6.07, 6.45) is 1.15. The quantitative estimate of drug-likeness (QED) is 0.721. The first-order valence-electron chi connectivity index (χ1n) is 11.5. The maximum atomic E-state index is 13.5. The van der Waals surface area contributed by atoms with Crippen LogP contribution in [0.4, 0.5) is 18.9 Å². The second-order valence-electron chi connectivity index (χ2n) is 9.26. The molecule has 3 heterocycles. The van der Waals surface area contributed by atoms with Crippen LogP contribution in [0.1, 0.15) is 29.5 Å². The summed E-state index contributed by atoms with van der Waals surface area (Å²) >= 11 is 0. The van der Waals surface area contributed by atoms with E-state index < -0.39 is 17.3 Å². The van der Waals surface area contributed by atoms with E-state index in [2.05, 4.69) is 15.3 Å². The fraction of sp³-hybridized carbons (Fsp3) is 0.542. The Balaban J connectivity index is 1.48. The van der Waals surface area contributed by atoms with Crippen LogP contribution >= 0.6 is 0 Å². The number of amides is 1. The SMILES string of the molecule is CNC(=O)[C@@H]1CN(c2ccc(C#N)c(C(F)(F)F)c2)C[C@H]1C1CCN(Cc2cnn(C)c2)CC1. The second kappa shape index (κ2) is 9.66. The zero-order valence-electron chi connectivity index (χ0n) is 19.3. The Hall–Kier alpha value is -3.06. The molecule has 1 aromatic carbocycles. The molecule has 10 heteroatoms. The Kier molecular flexibility index (Phi) is 6.84. The molecular weight excluding hydrogens is 445 g/mol. The van der Waals surface area contributed by atoms with Gasteiger partial charge in [-0.25, -0.2) is 0 Å². The number of piperidine rings is 1. The van der Waals surface area contributed by atoms with Crippen LogP contribution in [0.2, 0.25) is 0 Å². The minimum atomic E-state index is -4.61. The summed E-state index contributed by atoms with van der Waals surface area (Å²) in [7, 11) is 3.49. The van der Waals surface area contributed by atoms with Crippen molar-refractivity contribution in [3.63, 3.8) is 0 Å². The van der Waals surface area contributed by atoms with Crippen LogP contribution in [0, 0.1) is 29.1 Å². The van der Waals surface area contributed by atoms with Gasteiger partial charge < -0.3 is 10.2 Å². The van der Waals surface area contributed by atoms with E-state index in [4.69, 9.17) is 5.26 Å². The number of rotatable bonds is 5. The molecule has 2 aliphatic heterocycles. The predicted octanol–water partition coefficient (Wildman–Crippen LogP) is 3.02. The second-order valence-corrected chi connectivity index (χ2v) is 9.26. The molecule has 2 aliphatic rings. The van der Waals surface area contributed by atoms with Gasteiger partial charge in [0.05, 0.1) is 29.3 Å². The van der Waals surface area contributed by atoms with Crippen molar-refractivity contribution in [3.05, 3.63) is 47.3 Å². The number of benzene rings is 1. The van der Waals surface area contributed by atoms with E-state index in [0.717, 1.165) is 44.1 Å². The number of carbonyl (C=O) groups is 1. The highest BCUT2D eigenvalue weighted by Gasteiger charge is 2.43. The lowest BCUT2D eigenvalue weighted by Crippen LogP contribution is -2.40. The van der Waals surface area contributed by atoms with E-state index >= 15 is 0 Å². The van der Waals surface area contributed by atoms with Gasteiger partial charge in [-0.05, 0) is 56.0 Å². The molecule has 2 atom stereocenters. The lowest BCUT2D eigenvalue weighted by atomic mass is 9.78. The van der Waals surface area contributed by atoms with Crippen LogP contribution in [-0.4, -0.2) is 53.8 Å². The largest absolute Gasteiger partial charge is 0.417 e. The Morgan fingerprint density at radius 2 is 2.00 bits per heavy atom. The number of aromatic nitrogens is 2. The molecule has 7 nitrogen and oxygen atoms in total. The number of nitrogens with one attached hydrogen (secondary N) is 1. The normalized spacial score (nSPS) is 22.1. The number of hydrogen-bond acceptors (Lipinski definition) is 5. The highest BCUT2D eigenvalue weighted by Crippen LogP contribution is 2.40. The molecule has 4 rings (SSSR count). The van der Waals surface area contributed by atoms with Crippen molar-refractivity contribution in [2.45, 2.75) is 25.6 Å². The van der Waals surface area contributed by atoms with Crippen LogP contribution in [-0.2, 0) is 24.6 Å². The Bertz CT molecular complexity index is 1070. The van der Waals surface area contributed by atoms with Gasteiger partial charge in [-0.3, -0.25) is 14.4 Å². The van der Waals surface area contributed by atoms with E-state index in [1.165, 1.54) is 6.07 Å². The molecule has 1 aromatic heterocycles. The molecule has 2 fully saturated rings. The van der Waals surface area contributed by atoms with Gasteiger partial charge >= 0.3 is 6.18 Å². The first kappa shape index (κ1) is 24.1. The summed E-state index contributed by atoms with van der Waals surface area (Å²) in [5, 5.41) is 16.0. The standard InChI is InChI=1S/C24H29F3N6O/c1-29-23(34)21-15-33(19-4-3-18(10-28)22(9-19)24(25,26)27)14-20(21)17-5-7-32(8-6-17)13-16-11-30-31(2)12-16/h3-4,9,11-12,17,20-21H,5-8,13-15H2,1-2H3,(H,29,34)/t20-,21+/m0/s1. The number of likely N-dealkylation sites (tertiary alicyclic amines) is 1. The fourth-order valence-electron chi connectivity index (χ4n) is 5.39. The average Bonchev–Trinajstić information content (AvgIpc) is 3.44. The van der Waals surface area contributed by atoms with Crippen molar-refractivity contribution < 1.29 is 18.0 Å². The maximum Gasteiger partial charge on any atom is 0.417 e. The van der Waals surface area contributed by atoms with Crippen molar-refractivity contribution in [1.29, 1.82) is 5.26 Å². The third-order valence-corrected chi connectivity index (χ3v) is 7.14. The molecule has 0 aliphatic carbocycles. The molecule has 182 valence electrons. The monoisotopic (exact) mass is 474 g/mol. The van der Waals surface area contributed by atoms with Crippen molar-refractivity contribution in [2.24, 2.45) is 24.8 Å². The smallest absolute Gasteiger partial charge is 0.370 e. The van der Waals surface area contributed by atoms with E-state index in [-0.39, 0.29) is 17.7 Å². The van der Waals surface area contributed by atoms with Gasteiger partial charge in [0.2, 0.25) is 5.91 Å². The topological polar surface area (TPSA) is 77.2 Å². The number of halogens is 3. The third kappa shape index (κ3) is 5.04. The Morgan fingerprint density at radius 1 is 1.26 bits per heavy atom. The highest BCUT2D eigenvalue weighted by molar-refractivity contribution is 5.80. The molecule has 0 spiro atoms. The molecule has 0 unspecified atom stereocenters. The number of alkyl halides is 3. The van der Waals surface area contributed by atoms with Gasteiger partial charge in [-0.1, -0.05) is 0 Å². The summed E-state index contributed by atoms with van der Waals surface area (Å²) in [6, 6.07) is 5.44. The fourth-order valence-corrected chi connectivity index (χ4v) is 5.39. The summed E-state index contributed by atoms with van der Waals surface area (Å²) in [5.74, 6) is 0.0169. The van der Waals surface area contributed by atoms with Gasteiger partial charge in [-0.15, -0.1) is 0 Å². The van der Waals surface area contributed by atoms with Gasteiger partial charge in [0.25, 0.3) is 0 Å². The van der Waals surface area contributed by atoms with Gasteiger partial charge in [0.15, 0.2) is 0 Å². The summed E-state index contributed by atoms with van der Waals surface area (Å²) in [6.45, 7) is 3.54. The zero-order chi connectivity index (χ0) is 24.5. The summed E-state index contributed by atoms with van der Waals surface area (Å²) in [5.41, 5.74) is 0.237. The number of hydrogen-bond donors (Lipinski definition) is 1. The van der Waals surface area contributed by atoms with Crippen LogP contribution in [0.25, 0.3) is 0 Å². The Labute approximate surface area is 197 Å². The number of aryl methyl sites for hydroxylation is 1. The van der Waals surface area contributed by atoms with E-state index in [1.807, 2.05) is 24.3 Å². The minimum Gasteiger partial charge on any atom is -0.370 e. The first-order chi connectivity index (χ1) is 16.2. The molecule has 34 heavy (non-hydrogen) atoms. The first-order valence-corrected chi connectivity index (χ1v) is 11.5. The molecule has 0 saturated carbocycles. The number of carbonyl (C=O) groups excluding carboxylic acids is 1. The molecule has 1 N–H and O–H groups in total. The summed E-state index contributed by atoms with van der Waals surface area (Å²) in [4.78, 5) is 16.9. The van der Waals surface area contributed by atoms with E-state index in [1.54, 1.807) is 23.9 Å². The molecule has 2 saturated heterocycles. The molecule has 2 aromatic rings. The number of nitrogens with zero attached hydrogens (tertiary/aromatic N) is 5. The van der Waals surface area contributed by atoms with Crippen LogP contribution in [0.5, 0.6) is 0 Å². The maximum absolute atomic E-state index is 13.5. The van der Waals surface area contributed by atoms with Gasteiger partial charge in [-0.2, -0.15) is 23.5 Å². The summed E-state index contributed by atoms with van der Waals surface area (Å²) < 4.78 is 42.2. The lowest BCUT2D eigenvalue weighted by Gasteiger charge is -2.36. The van der Waals surface area contributed by atoms with Crippen LogP contribution < -0.4 is 10.2 Å². The van der Waals surface area contributed by atoms with E-state index in [9.17, 15) is 18.0 Å². The molecule has 0 radical (unpaired) electrons. The van der Waals surface area contributed by atoms with Crippen LogP contribution in [0.15, 0.2) is 30.6 Å². The van der Waals surface area contributed by atoms with E-state index in [0.29, 0.717) is 24.7 Å². The lowest BCUT2D eigenvalue weighted by molar-refractivity contribution is -0.137. The van der Waals surface area contributed by atoms with Crippen molar-refractivity contribution >= 4 is 11.6 Å². The van der Waals surface area contributed by atoms with Crippen molar-refractivity contribution in [2.75, 3.05) is 38.1 Å². The Morgan fingerprint density at radius 3 is 2.59 bits per heavy atom. The molecular formula is C24H29F3N6O. The highest BCUT2D eigenvalue weighted by atomic mass is 19.4.